The van der Waals surface area contributed by atoms with Crippen molar-refractivity contribution in [3.8, 4) is 0 Å². The summed E-state index contributed by atoms with van der Waals surface area (Å²) in [6.07, 6.45) is 0. The van der Waals surface area contributed by atoms with E-state index in [0.717, 1.165) is 0 Å². The van der Waals surface area contributed by atoms with Crippen molar-refractivity contribution in [3.63, 3.8) is 0 Å². The van der Waals surface area contributed by atoms with Crippen LogP contribution in [-0.4, -0.2) is 9.85 Å². The van der Waals surface area contributed by atoms with Crippen molar-refractivity contribution in [1.82, 2.24) is 0 Å². The lowest BCUT2D eigenvalue weighted by Crippen LogP contribution is -1.89. The fourth-order valence-corrected chi connectivity index (χ4v) is 1.36. The van der Waals surface area contributed by atoms with Crippen LogP contribution in [0.5, 0.6) is 0 Å². The number of anilines is 1. The number of benzene rings is 2. The summed E-state index contributed by atoms with van der Waals surface area (Å²) in [5, 5.41) is 23.6. The molecule has 10 nitrogen and oxygen atoms in total. The molecule has 2 aromatic carbocycles. The van der Waals surface area contributed by atoms with E-state index in [1.165, 1.54) is 36.4 Å². The highest BCUT2D eigenvalue weighted by atomic mass is 16.6. The summed E-state index contributed by atoms with van der Waals surface area (Å²) in [4.78, 5) is 21.8. The van der Waals surface area contributed by atoms with Crippen LogP contribution in [0.25, 0.3) is 10.4 Å². The minimum atomic E-state index is -0.545. The van der Waals surface area contributed by atoms with Gasteiger partial charge in [-0.25, -0.2) is 0 Å². The molecular formula is C13H14N6O4. The van der Waals surface area contributed by atoms with Crippen LogP contribution in [0.4, 0.5) is 22.7 Å². The molecule has 2 aromatic rings. The zero-order chi connectivity index (χ0) is 16.5. The number of nitro benzene ring substituents is 2. The minimum absolute atomic E-state index is 0. The third-order valence-electron chi connectivity index (χ3n) is 2.28. The molecule has 0 aromatic heterocycles. The Bertz CT molecular complexity index is 725. The van der Waals surface area contributed by atoms with Crippen molar-refractivity contribution < 1.29 is 9.85 Å². The van der Waals surface area contributed by atoms with Crippen molar-refractivity contribution >= 4 is 22.7 Å². The van der Waals surface area contributed by atoms with Gasteiger partial charge in [0.25, 0.3) is 11.4 Å². The Balaban J connectivity index is 0.000000409. The number of nitrogens with two attached hydrogens (primary N) is 1. The van der Waals surface area contributed by atoms with Gasteiger partial charge in [0.15, 0.2) is 0 Å². The molecule has 0 atom stereocenters. The van der Waals surface area contributed by atoms with Crippen LogP contribution >= 0.6 is 0 Å². The van der Waals surface area contributed by atoms with Gasteiger partial charge in [-0.05, 0) is 11.6 Å². The maximum atomic E-state index is 10.2. The summed E-state index contributed by atoms with van der Waals surface area (Å²) in [6.45, 7) is 0. The largest absolute Gasteiger partial charge is 0.399 e. The number of nitro groups is 2. The lowest BCUT2D eigenvalue weighted by atomic mass is 10.3. The van der Waals surface area contributed by atoms with E-state index in [4.69, 9.17) is 11.3 Å². The summed E-state index contributed by atoms with van der Waals surface area (Å²) >= 11 is 0. The molecule has 2 rings (SSSR count). The third-order valence-corrected chi connectivity index (χ3v) is 2.28. The number of nitrogen functional groups attached to an aromatic ring is 1. The zero-order valence-electron chi connectivity index (χ0n) is 11.1. The maximum absolute atomic E-state index is 10.2. The molecule has 0 radical (unpaired) electrons. The smallest absolute Gasteiger partial charge is 0.271 e. The first-order valence-corrected chi connectivity index (χ1v) is 5.73. The van der Waals surface area contributed by atoms with E-state index in [1.807, 2.05) is 0 Å². The highest BCUT2D eigenvalue weighted by Crippen LogP contribution is 2.19. The molecular weight excluding hydrogens is 304 g/mol. The SMILES string of the molecule is C.Nc1cccc([N+](=O)[O-])c1.[N-]=[N+]=Nc1cccc([N+](=O)[O-])c1. The highest BCUT2D eigenvalue weighted by Gasteiger charge is 2.03. The Morgan fingerprint density at radius 3 is 1.96 bits per heavy atom. The number of hydrogen-bond acceptors (Lipinski definition) is 6. The van der Waals surface area contributed by atoms with Crippen molar-refractivity contribution in [3.05, 3.63) is 79.2 Å². The number of hydrogen-bond donors (Lipinski definition) is 1. The first kappa shape index (κ1) is 19.4. The number of non-ortho nitro benzene ring substituents is 2. The van der Waals surface area contributed by atoms with Gasteiger partial charge in [-0.2, -0.15) is 0 Å². The van der Waals surface area contributed by atoms with E-state index in [0.29, 0.717) is 5.69 Å². The van der Waals surface area contributed by atoms with Crippen LogP contribution in [0.1, 0.15) is 7.43 Å². The predicted octanol–water partition coefficient (Wildman–Crippen LogP) is 4.35. The van der Waals surface area contributed by atoms with Gasteiger partial charge in [-0.3, -0.25) is 20.2 Å². The van der Waals surface area contributed by atoms with E-state index >= 15 is 0 Å². The average Bonchev–Trinajstić information content (AvgIpc) is 2.48. The van der Waals surface area contributed by atoms with Crippen LogP contribution in [0.2, 0.25) is 0 Å². The fourth-order valence-electron chi connectivity index (χ4n) is 1.36. The summed E-state index contributed by atoms with van der Waals surface area (Å²) in [5.74, 6) is 0. The zero-order valence-corrected chi connectivity index (χ0v) is 11.1. The predicted molar refractivity (Wildman–Crippen MR) is 86.1 cm³/mol. The Morgan fingerprint density at radius 2 is 1.52 bits per heavy atom. The van der Waals surface area contributed by atoms with Gasteiger partial charge < -0.3 is 5.73 Å². The van der Waals surface area contributed by atoms with Crippen LogP contribution in [0.3, 0.4) is 0 Å². The Kier molecular flexibility index (Phi) is 7.84. The average molecular weight is 318 g/mol. The monoisotopic (exact) mass is 318 g/mol. The Morgan fingerprint density at radius 1 is 1.00 bits per heavy atom. The van der Waals surface area contributed by atoms with Crippen molar-refractivity contribution in [2.24, 2.45) is 5.11 Å². The molecule has 120 valence electrons. The second-order valence-corrected chi connectivity index (χ2v) is 3.82. The molecule has 0 saturated carbocycles. The minimum Gasteiger partial charge on any atom is -0.399 e. The molecule has 0 fully saturated rings. The summed E-state index contributed by atoms with van der Waals surface area (Å²) in [7, 11) is 0. The van der Waals surface area contributed by atoms with Gasteiger partial charge in [0.05, 0.1) is 9.85 Å². The number of nitrogens with zero attached hydrogens (tertiary/aromatic N) is 5. The molecule has 10 heteroatoms. The Labute approximate surface area is 131 Å². The van der Waals surface area contributed by atoms with Crippen LogP contribution in [0.15, 0.2) is 53.6 Å². The van der Waals surface area contributed by atoms with Crippen molar-refractivity contribution in [2.45, 2.75) is 7.43 Å². The summed E-state index contributed by atoms with van der Waals surface area (Å²) < 4.78 is 0. The molecule has 0 amide bonds. The van der Waals surface area contributed by atoms with Gasteiger partial charge in [0, 0.05) is 40.6 Å². The first-order valence-electron chi connectivity index (χ1n) is 5.73. The van der Waals surface area contributed by atoms with Crippen LogP contribution in [-0.2, 0) is 0 Å². The van der Waals surface area contributed by atoms with Crippen LogP contribution < -0.4 is 5.73 Å². The molecule has 0 aliphatic carbocycles. The third kappa shape index (κ3) is 6.56. The van der Waals surface area contributed by atoms with Crippen LogP contribution in [0, 0.1) is 20.2 Å². The topological polar surface area (TPSA) is 161 Å². The molecule has 2 N–H and O–H groups in total. The molecule has 0 unspecified atom stereocenters. The van der Waals surface area contributed by atoms with Gasteiger partial charge in [0.1, 0.15) is 0 Å². The summed E-state index contributed by atoms with van der Waals surface area (Å²) in [5.41, 5.74) is 13.9. The highest BCUT2D eigenvalue weighted by molar-refractivity contribution is 5.47. The van der Waals surface area contributed by atoms with Gasteiger partial charge in [-0.1, -0.05) is 30.7 Å². The standard InChI is InChI=1S/C6H4N4O2.C6H6N2O2.CH4/c7-9-8-5-2-1-3-6(4-5)10(11)12;7-5-2-1-3-6(4-5)8(9)10;/h1-4H;1-4H,7H2;1H4. The van der Waals surface area contributed by atoms with E-state index in [9.17, 15) is 20.2 Å². The molecule has 0 bridgehead atoms. The first-order chi connectivity index (χ1) is 10.4. The van der Waals surface area contributed by atoms with Gasteiger partial charge >= 0.3 is 0 Å². The van der Waals surface area contributed by atoms with Crippen molar-refractivity contribution in [1.29, 1.82) is 0 Å². The molecule has 0 aliphatic heterocycles. The lowest BCUT2D eigenvalue weighted by molar-refractivity contribution is -0.385. The number of rotatable bonds is 3. The second kappa shape index (κ2) is 9.32. The van der Waals surface area contributed by atoms with E-state index in [-0.39, 0.29) is 24.5 Å². The molecule has 0 saturated heterocycles. The quantitative estimate of drug-likeness (QED) is 0.222. The fraction of sp³-hybridized carbons (Fsp3) is 0.0769. The lowest BCUT2D eigenvalue weighted by Gasteiger charge is -1.90. The van der Waals surface area contributed by atoms with Gasteiger partial charge in [-0.15, -0.1) is 0 Å². The van der Waals surface area contributed by atoms with Crippen molar-refractivity contribution in [2.75, 3.05) is 5.73 Å². The van der Waals surface area contributed by atoms with E-state index in [2.05, 4.69) is 10.0 Å². The number of azide groups is 1. The van der Waals surface area contributed by atoms with E-state index < -0.39 is 9.85 Å². The molecule has 0 spiro atoms. The normalized spacial score (nSPS) is 8.52. The molecule has 0 heterocycles. The molecule has 23 heavy (non-hydrogen) atoms. The van der Waals surface area contributed by atoms with Gasteiger partial charge in [0.2, 0.25) is 0 Å². The Hall–Kier alpha value is -3.65. The van der Waals surface area contributed by atoms with E-state index in [1.54, 1.807) is 12.1 Å². The summed E-state index contributed by atoms with van der Waals surface area (Å²) in [6, 6.07) is 11.4. The maximum Gasteiger partial charge on any atom is 0.271 e. The second-order valence-electron chi connectivity index (χ2n) is 3.82. The molecule has 0 aliphatic rings.